The minimum atomic E-state index is -0.476. The lowest BCUT2D eigenvalue weighted by Gasteiger charge is -2.11. The molecule has 0 aliphatic heterocycles. The molecule has 4 rings (SSSR count). The third-order valence-electron chi connectivity index (χ3n) is 5.43. The van der Waals surface area contributed by atoms with Crippen LogP contribution in [-0.4, -0.2) is 44.2 Å². The molecule has 0 saturated carbocycles. The number of aryl methyl sites for hydroxylation is 1. The van der Waals surface area contributed by atoms with Crippen LogP contribution in [-0.2, 0) is 4.79 Å². The molecular weight excluding hydrogens is 492 g/mol. The van der Waals surface area contributed by atoms with Gasteiger partial charge >= 0.3 is 0 Å². The molecule has 37 heavy (non-hydrogen) atoms. The Balaban J connectivity index is 1.52. The highest BCUT2D eigenvalue weighted by molar-refractivity contribution is 7.99. The van der Waals surface area contributed by atoms with Crippen LogP contribution in [0.4, 0.5) is 5.69 Å². The van der Waals surface area contributed by atoms with E-state index in [9.17, 15) is 14.9 Å². The van der Waals surface area contributed by atoms with E-state index in [0.29, 0.717) is 22.3 Å². The van der Waals surface area contributed by atoms with Gasteiger partial charge < -0.3 is 4.74 Å². The lowest BCUT2D eigenvalue weighted by molar-refractivity contribution is -0.384. The molecule has 1 aromatic heterocycles. The fourth-order valence-electron chi connectivity index (χ4n) is 3.43. The highest BCUT2D eigenvalue weighted by Gasteiger charge is 2.17. The number of aromatic nitrogens is 3. The van der Waals surface area contributed by atoms with Crippen LogP contribution in [0.15, 0.2) is 83.1 Å². The standard InChI is InChI=1S/C26H24N6O4S/c1-17-7-9-19(10-8-17)25-29-30-26(31(25)21-11-13-23(36-3)14-12-21)37-16-24(33)28-27-18(2)20-5-4-6-22(15-20)32(34)35/h4-15H,16H2,1-3H3,(H,28,33)/b27-18+. The number of rotatable bonds is 9. The second kappa shape index (κ2) is 11.5. The number of ether oxygens (including phenoxy) is 1. The summed E-state index contributed by atoms with van der Waals surface area (Å²) in [6, 6.07) is 21.5. The van der Waals surface area contributed by atoms with Crippen molar-refractivity contribution in [3.63, 3.8) is 0 Å². The van der Waals surface area contributed by atoms with Crippen LogP contribution in [0.3, 0.4) is 0 Å². The summed E-state index contributed by atoms with van der Waals surface area (Å²) in [4.78, 5) is 23.1. The number of hydrazone groups is 1. The molecule has 1 N–H and O–H groups in total. The Morgan fingerprint density at radius 3 is 2.51 bits per heavy atom. The molecule has 3 aromatic carbocycles. The lowest BCUT2D eigenvalue weighted by Crippen LogP contribution is -2.21. The summed E-state index contributed by atoms with van der Waals surface area (Å²) in [5.74, 6) is 1.05. The number of hydrogen-bond acceptors (Lipinski definition) is 8. The van der Waals surface area contributed by atoms with Crippen LogP contribution >= 0.6 is 11.8 Å². The van der Waals surface area contributed by atoms with Crippen molar-refractivity contribution in [1.82, 2.24) is 20.2 Å². The van der Waals surface area contributed by atoms with Crippen molar-refractivity contribution in [3.05, 3.63) is 94.0 Å². The number of benzene rings is 3. The van der Waals surface area contributed by atoms with Crippen LogP contribution in [0.25, 0.3) is 17.1 Å². The molecule has 1 heterocycles. The average Bonchev–Trinajstić information content (AvgIpc) is 3.35. The summed E-state index contributed by atoms with van der Waals surface area (Å²) >= 11 is 1.22. The van der Waals surface area contributed by atoms with Gasteiger partial charge in [-0.15, -0.1) is 10.2 Å². The van der Waals surface area contributed by atoms with Crippen molar-refractivity contribution in [3.8, 4) is 22.8 Å². The largest absolute Gasteiger partial charge is 0.497 e. The third kappa shape index (κ3) is 6.19. The highest BCUT2D eigenvalue weighted by Crippen LogP contribution is 2.29. The van der Waals surface area contributed by atoms with E-state index in [-0.39, 0.29) is 17.3 Å². The Morgan fingerprint density at radius 2 is 1.84 bits per heavy atom. The zero-order valence-corrected chi connectivity index (χ0v) is 21.2. The molecule has 188 valence electrons. The Morgan fingerprint density at radius 1 is 1.11 bits per heavy atom. The number of thioether (sulfide) groups is 1. The number of nitro groups is 1. The number of nitro benzene ring substituents is 1. The Labute approximate surface area is 217 Å². The number of nitrogens with zero attached hydrogens (tertiary/aromatic N) is 5. The number of nitrogens with one attached hydrogen (secondary N) is 1. The molecule has 0 atom stereocenters. The molecule has 11 heteroatoms. The van der Waals surface area contributed by atoms with Gasteiger partial charge in [0, 0.05) is 28.9 Å². The normalized spacial score (nSPS) is 11.3. The minimum absolute atomic E-state index is 0.0356. The second-order valence-electron chi connectivity index (χ2n) is 8.03. The van der Waals surface area contributed by atoms with E-state index in [1.165, 1.54) is 23.9 Å². The molecule has 10 nitrogen and oxygen atoms in total. The highest BCUT2D eigenvalue weighted by atomic mass is 32.2. The Hall–Kier alpha value is -4.51. The zero-order valence-electron chi connectivity index (χ0n) is 20.4. The number of non-ortho nitro benzene ring substituents is 1. The number of hydrogen-bond donors (Lipinski definition) is 1. The van der Waals surface area contributed by atoms with Gasteiger partial charge in [-0.05, 0) is 38.1 Å². The van der Waals surface area contributed by atoms with E-state index < -0.39 is 4.92 Å². The topological polar surface area (TPSA) is 125 Å². The van der Waals surface area contributed by atoms with E-state index in [1.807, 2.05) is 60.0 Å². The van der Waals surface area contributed by atoms with Gasteiger partial charge in [0.15, 0.2) is 11.0 Å². The van der Waals surface area contributed by atoms with Crippen LogP contribution in [0.5, 0.6) is 5.75 Å². The van der Waals surface area contributed by atoms with Crippen molar-refractivity contribution in [2.75, 3.05) is 12.9 Å². The first-order valence-electron chi connectivity index (χ1n) is 11.2. The summed E-state index contributed by atoms with van der Waals surface area (Å²) in [6.45, 7) is 3.68. The molecule has 4 aromatic rings. The Bertz CT molecular complexity index is 1450. The van der Waals surface area contributed by atoms with Gasteiger partial charge in [0.25, 0.3) is 11.6 Å². The van der Waals surface area contributed by atoms with E-state index in [0.717, 1.165) is 22.6 Å². The van der Waals surface area contributed by atoms with Gasteiger partial charge in [-0.25, -0.2) is 5.43 Å². The van der Waals surface area contributed by atoms with E-state index in [2.05, 4.69) is 20.7 Å². The third-order valence-corrected chi connectivity index (χ3v) is 6.36. The second-order valence-corrected chi connectivity index (χ2v) is 8.98. The van der Waals surface area contributed by atoms with E-state index in [1.54, 1.807) is 26.2 Å². The van der Waals surface area contributed by atoms with Gasteiger partial charge in [-0.1, -0.05) is 53.7 Å². The smallest absolute Gasteiger partial charge is 0.270 e. The van der Waals surface area contributed by atoms with Crippen LogP contribution in [0.1, 0.15) is 18.1 Å². The maximum Gasteiger partial charge on any atom is 0.270 e. The van der Waals surface area contributed by atoms with Crippen molar-refractivity contribution < 1.29 is 14.5 Å². The maximum absolute atomic E-state index is 12.6. The first-order chi connectivity index (χ1) is 17.9. The number of carbonyl (C=O) groups is 1. The molecule has 1 amide bonds. The summed E-state index contributed by atoms with van der Waals surface area (Å²) in [7, 11) is 1.61. The molecule has 0 aliphatic carbocycles. The van der Waals surface area contributed by atoms with E-state index in [4.69, 9.17) is 4.74 Å². The van der Waals surface area contributed by atoms with Crippen LogP contribution in [0, 0.1) is 17.0 Å². The lowest BCUT2D eigenvalue weighted by atomic mass is 10.1. The molecule has 0 aliphatic rings. The molecule has 0 spiro atoms. The van der Waals surface area contributed by atoms with Gasteiger partial charge in [0.05, 0.1) is 23.5 Å². The maximum atomic E-state index is 12.6. The average molecular weight is 517 g/mol. The summed E-state index contributed by atoms with van der Waals surface area (Å²) in [6.07, 6.45) is 0. The Kier molecular flexibility index (Phi) is 7.94. The molecule has 0 bridgehead atoms. The molecular formula is C26H24N6O4S. The van der Waals surface area contributed by atoms with Crippen molar-refractivity contribution >= 4 is 29.1 Å². The predicted octanol–water partition coefficient (Wildman–Crippen LogP) is 4.79. The quantitative estimate of drug-likeness (QED) is 0.147. The first kappa shape index (κ1) is 25.6. The first-order valence-corrected chi connectivity index (χ1v) is 12.2. The van der Waals surface area contributed by atoms with Gasteiger partial charge in [-0.3, -0.25) is 19.5 Å². The molecule has 0 unspecified atom stereocenters. The SMILES string of the molecule is COc1ccc(-n2c(SCC(=O)N/N=C(\C)c3cccc([N+](=O)[O-])c3)nnc2-c2ccc(C)cc2)cc1. The fraction of sp³-hybridized carbons (Fsp3) is 0.154. The van der Waals surface area contributed by atoms with Crippen molar-refractivity contribution in [1.29, 1.82) is 0 Å². The van der Waals surface area contributed by atoms with Crippen molar-refractivity contribution in [2.45, 2.75) is 19.0 Å². The number of methoxy groups -OCH3 is 1. The number of carbonyl (C=O) groups excluding carboxylic acids is 1. The van der Waals surface area contributed by atoms with Gasteiger partial charge in [-0.2, -0.15) is 5.10 Å². The molecule has 0 radical (unpaired) electrons. The summed E-state index contributed by atoms with van der Waals surface area (Å²) in [5, 5.41) is 24.4. The molecule has 0 fully saturated rings. The summed E-state index contributed by atoms with van der Waals surface area (Å²) in [5.41, 5.74) is 6.30. The zero-order chi connectivity index (χ0) is 26.4. The van der Waals surface area contributed by atoms with Crippen molar-refractivity contribution in [2.24, 2.45) is 5.10 Å². The van der Waals surface area contributed by atoms with Crippen LogP contribution in [0.2, 0.25) is 0 Å². The molecule has 0 saturated heterocycles. The van der Waals surface area contributed by atoms with Gasteiger partial charge in [0.2, 0.25) is 0 Å². The fourth-order valence-corrected chi connectivity index (χ4v) is 4.18. The number of amides is 1. The van der Waals surface area contributed by atoms with Crippen LogP contribution < -0.4 is 10.2 Å². The minimum Gasteiger partial charge on any atom is -0.497 e. The summed E-state index contributed by atoms with van der Waals surface area (Å²) < 4.78 is 7.16. The van der Waals surface area contributed by atoms with E-state index >= 15 is 0 Å². The van der Waals surface area contributed by atoms with Gasteiger partial charge in [0.1, 0.15) is 5.75 Å². The monoisotopic (exact) mass is 516 g/mol. The predicted molar refractivity (Wildman–Crippen MR) is 142 cm³/mol.